The normalized spacial score (nSPS) is 10.6. The number of carbonyl (C=O) groups is 1. The minimum Gasteiger partial charge on any atom is -0.496 e. The number of ether oxygens (including phenoxy) is 1. The molecule has 0 saturated carbocycles. The van der Waals surface area contributed by atoms with Gasteiger partial charge in [0.15, 0.2) is 0 Å². The number of aryl methyl sites for hydroxylation is 1. The molecule has 8 heteroatoms. The maximum absolute atomic E-state index is 12.1. The molecule has 0 aliphatic rings. The lowest BCUT2D eigenvalue weighted by molar-refractivity contribution is -0.384. The molecule has 0 radical (unpaired) electrons. The summed E-state index contributed by atoms with van der Waals surface area (Å²) in [6.07, 6.45) is 1.29. The van der Waals surface area contributed by atoms with Crippen LogP contribution in [0.5, 0.6) is 5.75 Å². The van der Waals surface area contributed by atoms with Crippen LogP contribution in [0.2, 0.25) is 5.02 Å². The molecule has 7 nitrogen and oxygen atoms in total. The van der Waals surface area contributed by atoms with Crippen LogP contribution in [-0.2, 0) is 0 Å². The lowest BCUT2D eigenvalue weighted by Crippen LogP contribution is -2.18. The van der Waals surface area contributed by atoms with Crippen molar-refractivity contribution in [1.82, 2.24) is 5.43 Å². The van der Waals surface area contributed by atoms with Crippen LogP contribution in [0.25, 0.3) is 0 Å². The largest absolute Gasteiger partial charge is 0.496 e. The van der Waals surface area contributed by atoms with Crippen molar-refractivity contribution in [3.05, 3.63) is 68.2 Å². The van der Waals surface area contributed by atoms with Gasteiger partial charge in [-0.25, -0.2) is 5.43 Å². The molecule has 1 N–H and O–H groups in total. The van der Waals surface area contributed by atoms with Gasteiger partial charge in [-0.2, -0.15) is 5.10 Å². The smallest absolute Gasteiger partial charge is 0.288 e. The van der Waals surface area contributed by atoms with E-state index >= 15 is 0 Å². The Bertz CT molecular complexity index is 821. The first-order valence-electron chi connectivity index (χ1n) is 6.84. The Morgan fingerprint density at radius 2 is 2.08 bits per heavy atom. The number of hydrazone groups is 1. The lowest BCUT2D eigenvalue weighted by Gasteiger charge is -2.07. The molecule has 0 unspecified atom stereocenters. The summed E-state index contributed by atoms with van der Waals surface area (Å²) in [6.45, 7) is 1.88. The topological polar surface area (TPSA) is 93.8 Å². The third-order valence-electron chi connectivity index (χ3n) is 3.15. The maximum Gasteiger partial charge on any atom is 0.288 e. The number of hydrogen-bond acceptors (Lipinski definition) is 5. The van der Waals surface area contributed by atoms with Crippen LogP contribution >= 0.6 is 11.6 Å². The van der Waals surface area contributed by atoms with E-state index in [1.54, 1.807) is 24.3 Å². The number of halogens is 1. The van der Waals surface area contributed by atoms with Crippen LogP contribution in [0.4, 0.5) is 5.69 Å². The highest BCUT2D eigenvalue weighted by molar-refractivity contribution is 6.32. The summed E-state index contributed by atoms with van der Waals surface area (Å²) >= 11 is 5.73. The second kappa shape index (κ2) is 7.56. The van der Waals surface area contributed by atoms with Gasteiger partial charge in [0.05, 0.1) is 23.8 Å². The average Bonchev–Trinajstić information content (AvgIpc) is 2.55. The van der Waals surface area contributed by atoms with Gasteiger partial charge in [-0.15, -0.1) is 0 Å². The molecule has 2 aromatic carbocycles. The molecule has 2 aromatic rings. The molecule has 124 valence electrons. The minimum atomic E-state index is -0.588. The second-order valence-electron chi connectivity index (χ2n) is 4.87. The average molecular weight is 348 g/mol. The van der Waals surface area contributed by atoms with Gasteiger partial charge < -0.3 is 4.74 Å². The minimum absolute atomic E-state index is 0.0329. The summed E-state index contributed by atoms with van der Waals surface area (Å²) in [6, 6.07) is 9.37. The van der Waals surface area contributed by atoms with Crippen LogP contribution < -0.4 is 10.2 Å². The zero-order valence-corrected chi connectivity index (χ0v) is 13.7. The van der Waals surface area contributed by atoms with Gasteiger partial charge in [0.25, 0.3) is 11.6 Å². The Labute approximate surface area is 143 Å². The van der Waals surface area contributed by atoms with E-state index in [4.69, 9.17) is 16.3 Å². The Kier molecular flexibility index (Phi) is 5.49. The van der Waals surface area contributed by atoms with E-state index in [2.05, 4.69) is 10.5 Å². The monoisotopic (exact) mass is 347 g/mol. The molecule has 0 fully saturated rings. The molecule has 24 heavy (non-hydrogen) atoms. The van der Waals surface area contributed by atoms with Crippen LogP contribution in [0.1, 0.15) is 21.5 Å². The molecular weight excluding hydrogens is 334 g/mol. The molecule has 0 aromatic heterocycles. The van der Waals surface area contributed by atoms with Crippen molar-refractivity contribution in [2.24, 2.45) is 5.10 Å². The number of benzene rings is 2. The molecule has 0 aliphatic carbocycles. The number of rotatable bonds is 5. The summed E-state index contributed by atoms with van der Waals surface area (Å²) in [7, 11) is 1.47. The lowest BCUT2D eigenvalue weighted by atomic mass is 10.1. The summed E-state index contributed by atoms with van der Waals surface area (Å²) < 4.78 is 5.16. The molecule has 0 saturated heterocycles. The summed E-state index contributed by atoms with van der Waals surface area (Å²) in [4.78, 5) is 22.4. The van der Waals surface area contributed by atoms with Gasteiger partial charge in [-0.1, -0.05) is 23.7 Å². The molecular formula is C16H14ClN3O4. The van der Waals surface area contributed by atoms with E-state index in [0.29, 0.717) is 16.9 Å². The second-order valence-corrected chi connectivity index (χ2v) is 5.28. The number of methoxy groups -OCH3 is 1. The third-order valence-corrected chi connectivity index (χ3v) is 3.47. The Balaban J connectivity index is 2.13. The fourth-order valence-corrected chi connectivity index (χ4v) is 2.15. The first kappa shape index (κ1) is 17.4. The Morgan fingerprint density at radius 1 is 1.33 bits per heavy atom. The standard InChI is InChI=1S/C16H14ClN3O4/c1-10-3-5-12(15(7-10)24-2)16(21)19-18-9-11-4-6-13(17)14(8-11)20(22)23/h3-9H,1-2H3,(H,19,21)/b18-9-. The van der Waals surface area contributed by atoms with Crippen molar-refractivity contribution in [2.75, 3.05) is 7.11 Å². The number of nitrogens with one attached hydrogen (secondary N) is 1. The van der Waals surface area contributed by atoms with Gasteiger partial charge in [0, 0.05) is 11.6 Å². The van der Waals surface area contributed by atoms with Crippen molar-refractivity contribution in [2.45, 2.75) is 6.92 Å². The summed E-state index contributed by atoms with van der Waals surface area (Å²) in [5.41, 5.74) is 3.85. The quantitative estimate of drug-likeness (QED) is 0.510. The molecule has 2 rings (SSSR count). The highest BCUT2D eigenvalue weighted by Gasteiger charge is 2.13. The van der Waals surface area contributed by atoms with Gasteiger partial charge in [-0.3, -0.25) is 14.9 Å². The van der Waals surface area contributed by atoms with Gasteiger partial charge in [0.2, 0.25) is 0 Å². The Morgan fingerprint density at radius 3 is 2.75 bits per heavy atom. The number of hydrogen-bond donors (Lipinski definition) is 1. The Hall–Kier alpha value is -2.93. The number of nitrogens with zero attached hydrogens (tertiary/aromatic N) is 2. The highest BCUT2D eigenvalue weighted by Crippen LogP contribution is 2.24. The number of amides is 1. The van der Waals surface area contributed by atoms with Crippen molar-refractivity contribution >= 4 is 29.4 Å². The van der Waals surface area contributed by atoms with Gasteiger partial charge >= 0.3 is 0 Å². The number of carbonyl (C=O) groups excluding carboxylic acids is 1. The first-order valence-corrected chi connectivity index (χ1v) is 7.22. The van der Waals surface area contributed by atoms with E-state index < -0.39 is 10.8 Å². The van der Waals surface area contributed by atoms with Crippen LogP contribution in [-0.4, -0.2) is 24.2 Å². The fourth-order valence-electron chi connectivity index (χ4n) is 1.96. The van der Waals surface area contributed by atoms with Crippen molar-refractivity contribution < 1.29 is 14.5 Å². The molecule has 0 atom stereocenters. The molecule has 0 heterocycles. The van der Waals surface area contributed by atoms with Crippen molar-refractivity contribution in [3.63, 3.8) is 0 Å². The van der Waals surface area contributed by atoms with E-state index in [9.17, 15) is 14.9 Å². The molecule has 0 aliphatic heterocycles. The van der Waals surface area contributed by atoms with E-state index in [1.807, 2.05) is 6.92 Å². The SMILES string of the molecule is COc1cc(C)ccc1C(=O)N/N=C\c1ccc(Cl)c([N+](=O)[O-])c1. The predicted octanol–water partition coefficient (Wildman–Crippen LogP) is 3.33. The summed E-state index contributed by atoms with van der Waals surface area (Å²) in [5, 5.41) is 14.7. The van der Waals surface area contributed by atoms with E-state index in [1.165, 1.54) is 25.5 Å². The third kappa shape index (κ3) is 4.08. The van der Waals surface area contributed by atoms with E-state index in [-0.39, 0.29) is 10.7 Å². The molecule has 0 bridgehead atoms. The van der Waals surface area contributed by atoms with Crippen LogP contribution in [0.3, 0.4) is 0 Å². The fraction of sp³-hybridized carbons (Fsp3) is 0.125. The van der Waals surface area contributed by atoms with Gasteiger partial charge in [0.1, 0.15) is 10.8 Å². The first-order chi connectivity index (χ1) is 11.4. The maximum atomic E-state index is 12.1. The molecule has 0 spiro atoms. The van der Waals surface area contributed by atoms with Crippen molar-refractivity contribution in [3.8, 4) is 5.75 Å². The van der Waals surface area contributed by atoms with E-state index in [0.717, 1.165) is 5.56 Å². The van der Waals surface area contributed by atoms with Crippen LogP contribution in [0.15, 0.2) is 41.5 Å². The van der Waals surface area contributed by atoms with Crippen molar-refractivity contribution in [1.29, 1.82) is 0 Å². The van der Waals surface area contributed by atoms with Crippen LogP contribution in [0, 0.1) is 17.0 Å². The zero-order valence-electron chi connectivity index (χ0n) is 12.9. The zero-order chi connectivity index (χ0) is 17.7. The number of nitro groups is 1. The molecule has 1 amide bonds. The predicted molar refractivity (Wildman–Crippen MR) is 90.9 cm³/mol. The highest BCUT2D eigenvalue weighted by atomic mass is 35.5. The van der Waals surface area contributed by atoms with Gasteiger partial charge in [-0.05, 0) is 30.7 Å². The summed E-state index contributed by atoms with van der Waals surface area (Å²) in [5.74, 6) is -0.0172. The number of nitro benzene ring substituents is 1.